The van der Waals surface area contributed by atoms with E-state index in [1.807, 2.05) is 16.5 Å². The molecule has 0 amide bonds. The van der Waals surface area contributed by atoms with Gasteiger partial charge >= 0.3 is 0 Å². The summed E-state index contributed by atoms with van der Waals surface area (Å²) in [5.41, 5.74) is 0. The first-order valence-electron chi connectivity index (χ1n) is 4.58. The fourth-order valence-corrected chi connectivity index (χ4v) is 1.63. The fraction of sp³-hybridized carbons (Fsp3) is 0.750. The van der Waals surface area contributed by atoms with Crippen LogP contribution in [0.25, 0.3) is 0 Å². The van der Waals surface area contributed by atoms with Crippen molar-refractivity contribution in [3.05, 3.63) is 12.2 Å². The summed E-state index contributed by atoms with van der Waals surface area (Å²) >= 11 is 0. The number of aliphatic hydroxyl groups excluding tert-OH is 2. The third kappa shape index (κ3) is 1.77. The Kier molecular flexibility index (Phi) is 2.49. The van der Waals surface area contributed by atoms with Crippen LogP contribution in [-0.2, 0) is 13.6 Å². The van der Waals surface area contributed by atoms with Gasteiger partial charge in [-0.1, -0.05) is 0 Å². The maximum absolute atomic E-state index is 9.33. The molecule has 2 rings (SSSR count). The second-order valence-corrected chi connectivity index (χ2v) is 3.69. The molecule has 1 fully saturated rings. The van der Waals surface area contributed by atoms with Crippen LogP contribution in [0.1, 0.15) is 5.82 Å². The molecule has 6 heteroatoms. The van der Waals surface area contributed by atoms with E-state index >= 15 is 0 Å². The van der Waals surface area contributed by atoms with Crippen molar-refractivity contribution >= 4 is 0 Å². The first-order chi connectivity index (χ1) is 6.66. The number of β-amino-alcohol motifs (C(OH)–C–C–N with tert-alkyl or cyclic N) is 2. The molecule has 1 aliphatic heterocycles. The van der Waals surface area contributed by atoms with Crippen molar-refractivity contribution in [2.24, 2.45) is 7.05 Å². The Hall–Kier alpha value is -0.980. The first kappa shape index (κ1) is 9.57. The molecule has 1 aliphatic rings. The Labute approximate surface area is 81.8 Å². The minimum absolute atomic E-state index is 0.494. The van der Waals surface area contributed by atoms with Crippen molar-refractivity contribution in [3.8, 4) is 0 Å². The van der Waals surface area contributed by atoms with E-state index in [1.54, 1.807) is 6.33 Å². The van der Waals surface area contributed by atoms with Gasteiger partial charge in [-0.15, -0.1) is 10.2 Å². The van der Waals surface area contributed by atoms with Gasteiger partial charge in [-0.25, -0.2) is 0 Å². The van der Waals surface area contributed by atoms with Crippen LogP contribution in [0.4, 0.5) is 0 Å². The van der Waals surface area contributed by atoms with Crippen molar-refractivity contribution in [2.45, 2.75) is 18.8 Å². The van der Waals surface area contributed by atoms with Gasteiger partial charge in [0, 0.05) is 20.1 Å². The fourth-order valence-electron chi connectivity index (χ4n) is 1.63. The normalized spacial score (nSPS) is 28.5. The molecule has 78 valence electrons. The minimum atomic E-state index is -0.636. The minimum Gasteiger partial charge on any atom is -0.389 e. The Morgan fingerprint density at radius 3 is 2.57 bits per heavy atom. The average molecular weight is 198 g/mol. The number of hydrogen-bond acceptors (Lipinski definition) is 5. The molecule has 6 nitrogen and oxygen atoms in total. The third-order valence-electron chi connectivity index (χ3n) is 2.50. The number of aliphatic hydroxyl groups is 2. The zero-order valence-electron chi connectivity index (χ0n) is 8.04. The molecule has 1 aromatic rings. The summed E-state index contributed by atoms with van der Waals surface area (Å²) in [5.74, 6) is 0.839. The standard InChI is InChI=1S/C8H14N4O2/c1-11-5-9-10-8(11)4-12-2-6(13)7(14)3-12/h5-7,13-14H,2-4H2,1H3. The number of aryl methyl sites for hydroxylation is 1. The van der Waals surface area contributed by atoms with Gasteiger partial charge in [-0.2, -0.15) is 0 Å². The van der Waals surface area contributed by atoms with Crippen molar-refractivity contribution in [1.82, 2.24) is 19.7 Å². The summed E-state index contributed by atoms with van der Waals surface area (Å²) in [6.45, 7) is 1.60. The van der Waals surface area contributed by atoms with Gasteiger partial charge in [-0.3, -0.25) is 4.90 Å². The first-order valence-corrected chi connectivity index (χ1v) is 4.58. The molecule has 0 aliphatic carbocycles. The second kappa shape index (κ2) is 3.64. The summed E-state index contributed by atoms with van der Waals surface area (Å²) in [6.07, 6.45) is 0.365. The summed E-state index contributed by atoms with van der Waals surface area (Å²) in [7, 11) is 1.87. The van der Waals surface area contributed by atoms with Crippen LogP contribution in [0.5, 0.6) is 0 Å². The van der Waals surface area contributed by atoms with Gasteiger partial charge in [0.1, 0.15) is 12.2 Å². The number of hydrogen-bond donors (Lipinski definition) is 2. The third-order valence-corrected chi connectivity index (χ3v) is 2.50. The van der Waals surface area contributed by atoms with E-state index in [9.17, 15) is 10.2 Å². The quantitative estimate of drug-likeness (QED) is 0.595. The van der Waals surface area contributed by atoms with Gasteiger partial charge in [0.15, 0.2) is 0 Å². The molecule has 2 heterocycles. The maximum atomic E-state index is 9.33. The Bertz CT molecular complexity index is 304. The van der Waals surface area contributed by atoms with Gasteiger partial charge in [0.25, 0.3) is 0 Å². The van der Waals surface area contributed by atoms with Gasteiger partial charge in [0.05, 0.1) is 18.8 Å². The van der Waals surface area contributed by atoms with E-state index in [0.717, 1.165) is 5.82 Å². The Morgan fingerprint density at radius 1 is 1.43 bits per heavy atom. The largest absolute Gasteiger partial charge is 0.389 e. The molecular formula is C8H14N4O2. The lowest BCUT2D eigenvalue weighted by Crippen LogP contribution is -2.23. The molecule has 14 heavy (non-hydrogen) atoms. The van der Waals surface area contributed by atoms with Gasteiger partial charge < -0.3 is 14.8 Å². The highest BCUT2D eigenvalue weighted by molar-refractivity contribution is 4.89. The zero-order valence-corrected chi connectivity index (χ0v) is 8.04. The highest BCUT2D eigenvalue weighted by Gasteiger charge is 2.29. The maximum Gasteiger partial charge on any atom is 0.146 e. The van der Waals surface area contributed by atoms with Gasteiger partial charge in [0.2, 0.25) is 0 Å². The van der Waals surface area contributed by atoms with E-state index < -0.39 is 12.2 Å². The molecular weight excluding hydrogens is 184 g/mol. The molecule has 0 aromatic carbocycles. The van der Waals surface area contributed by atoms with E-state index in [-0.39, 0.29) is 0 Å². The van der Waals surface area contributed by atoms with Crippen LogP contribution in [0, 0.1) is 0 Å². The molecule has 1 saturated heterocycles. The van der Waals surface area contributed by atoms with E-state index in [2.05, 4.69) is 10.2 Å². The number of aromatic nitrogens is 3. The highest BCUT2D eigenvalue weighted by Crippen LogP contribution is 2.12. The number of likely N-dealkylation sites (tertiary alicyclic amines) is 1. The van der Waals surface area contributed by atoms with Crippen molar-refractivity contribution < 1.29 is 10.2 Å². The lowest BCUT2D eigenvalue weighted by atomic mass is 10.3. The molecule has 2 atom stereocenters. The van der Waals surface area contributed by atoms with E-state index in [4.69, 9.17) is 0 Å². The molecule has 1 aromatic heterocycles. The van der Waals surface area contributed by atoms with Crippen molar-refractivity contribution in [2.75, 3.05) is 13.1 Å². The van der Waals surface area contributed by atoms with Crippen molar-refractivity contribution in [1.29, 1.82) is 0 Å². The van der Waals surface area contributed by atoms with Crippen LogP contribution in [0.15, 0.2) is 6.33 Å². The number of rotatable bonds is 2. The van der Waals surface area contributed by atoms with Crippen LogP contribution in [0.3, 0.4) is 0 Å². The highest BCUT2D eigenvalue weighted by atomic mass is 16.3. The summed E-state index contributed by atoms with van der Waals surface area (Å²) in [6, 6.07) is 0. The van der Waals surface area contributed by atoms with Crippen LogP contribution in [0.2, 0.25) is 0 Å². The van der Waals surface area contributed by atoms with Crippen molar-refractivity contribution in [3.63, 3.8) is 0 Å². The zero-order chi connectivity index (χ0) is 10.1. The monoisotopic (exact) mass is 198 g/mol. The molecule has 0 saturated carbocycles. The smallest absolute Gasteiger partial charge is 0.146 e. The predicted octanol–water partition coefficient (Wildman–Crippen LogP) is -1.65. The topological polar surface area (TPSA) is 74.4 Å². The molecule has 0 radical (unpaired) electrons. The Balaban J connectivity index is 1.97. The van der Waals surface area contributed by atoms with E-state index in [1.165, 1.54) is 0 Å². The lowest BCUT2D eigenvalue weighted by Gasteiger charge is -2.13. The van der Waals surface area contributed by atoms with Crippen LogP contribution < -0.4 is 0 Å². The molecule has 2 unspecified atom stereocenters. The lowest BCUT2D eigenvalue weighted by molar-refractivity contribution is 0.0572. The SMILES string of the molecule is Cn1cnnc1CN1CC(O)C(O)C1. The number of nitrogens with zero attached hydrogens (tertiary/aromatic N) is 4. The van der Waals surface area contributed by atoms with Crippen LogP contribution in [-0.4, -0.2) is 55.2 Å². The molecule has 2 N–H and O–H groups in total. The molecule has 0 spiro atoms. The molecule has 0 bridgehead atoms. The van der Waals surface area contributed by atoms with E-state index in [0.29, 0.717) is 19.6 Å². The Morgan fingerprint density at radius 2 is 2.07 bits per heavy atom. The summed E-state index contributed by atoms with van der Waals surface area (Å²) in [5, 5.41) is 26.4. The predicted molar refractivity (Wildman–Crippen MR) is 48.3 cm³/mol. The summed E-state index contributed by atoms with van der Waals surface area (Å²) < 4.78 is 1.83. The summed E-state index contributed by atoms with van der Waals surface area (Å²) in [4.78, 5) is 1.96. The second-order valence-electron chi connectivity index (χ2n) is 3.69. The average Bonchev–Trinajstić information content (AvgIpc) is 2.63. The van der Waals surface area contributed by atoms with Gasteiger partial charge in [-0.05, 0) is 0 Å². The van der Waals surface area contributed by atoms with Crippen LogP contribution >= 0.6 is 0 Å².